The van der Waals surface area contributed by atoms with Crippen LogP contribution in [-0.4, -0.2) is 43.8 Å². The van der Waals surface area contributed by atoms with Crippen molar-refractivity contribution in [3.05, 3.63) is 0 Å². The standard InChI is InChI=1S/C6H15AsO2/c1-8-5-6-9-4-2-3-7/h2-7H2,1H3. The van der Waals surface area contributed by atoms with E-state index in [1.807, 2.05) is 0 Å². The molecule has 0 aliphatic heterocycles. The fourth-order valence-corrected chi connectivity index (χ4v) is 0.779. The number of rotatable bonds is 6. The van der Waals surface area contributed by atoms with Gasteiger partial charge in [0.1, 0.15) is 0 Å². The van der Waals surface area contributed by atoms with Gasteiger partial charge in [0, 0.05) is 0 Å². The zero-order chi connectivity index (χ0) is 6.95. The van der Waals surface area contributed by atoms with E-state index in [1.165, 1.54) is 11.6 Å². The fourth-order valence-electron chi connectivity index (χ4n) is 0.430. The van der Waals surface area contributed by atoms with Gasteiger partial charge in [0.05, 0.1) is 0 Å². The van der Waals surface area contributed by atoms with E-state index in [0.29, 0.717) is 0 Å². The van der Waals surface area contributed by atoms with Crippen LogP contribution in [0.4, 0.5) is 0 Å². The SMILES string of the molecule is COCCOCCC[AsH2]. The molecule has 0 bridgehead atoms. The summed E-state index contributed by atoms with van der Waals surface area (Å²) in [6.45, 7) is 2.35. The number of hydrogen-bond donors (Lipinski definition) is 0. The summed E-state index contributed by atoms with van der Waals surface area (Å²) >= 11 is 1.77. The second kappa shape index (κ2) is 8.48. The predicted molar refractivity (Wildman–Crippen MR) is 40.7 cm³/mol. The molecular formula is C6H15AsO2. The monoisotopic (exact) mass is 194 g/mol. The van der Waals surface area contributed by atoms with Crippen molar-refractivity contribution in [2.75, 3.05) is 26.9 Å². The molecule has 0 aliphatic rings. The van der Waals surface area contributed by atoms with E-state index in [9.17, 15) is 0 Å². The Hall–Kier alpha value is 0.478. The van der Waals surface area contributed by atoms with Crippen molar-refractivity contribution in [1.29, 1.82) is 0 Å². The predicted octanol–water partition coefficient (Wildman–Crippen LogP) is 0.0909. The van der Waals surface area contributed by atoms with E-state index in [4.69, 9.17) is 9.47 Å². The number of methoxy groups -OCH3 is 1. The van der Waals surface area contributed by atoms with Gasteiger partial charge < -0.3 is 0 Å². The Labute approximate surface area is 65.4 Å². The van der Waals surface area contributed by atoms with Crippen LogP contribution >= 0.6 is 0 Å². The van der Waals surface area contributed by atoms with E-state index in [2.05, 4.69) is 0 Å². The molecule has 0 saturated carbocycles. The molecule has 0 spiro atoms. The van der Waals surface area contributed by atoms with E-state index < -0.39 is 0 Å². The average Bonchev–Trinajstić information content (AvgIpc) is 1.89. The zero-order valence-corrected chi connectivity index (χ0v) is 8.35. The molecule has 0 radical (unpaired) electrons. The summed E-state index contributed by atoms with van der Waals surface area (Å²) < 4.78 is 10.0. The van der Waals surface area contributed by atoms with Crippen molar-refractivity contribution in [3.63, 3.8) is 0 Å². The van der Waals surface area contributed by atoms with Crippen molar-refractivity contribution in [1.82, 2.24) is 0 Å². The van der Waals surface area contributed by atoms with Crippen molar-refractivity contribution in [3.8, 4) is 0 Å². The summed E-state index contributed by atoms with van der Waals surface area (Å²) in [7, 11) is 1.69. The first kappa shape index (κ1) is 9.48. The molecule has 0 saturated heterocycles. The van der Waals surface area contributed by atoms with Gasteiger partial charge in [-0.05, 0) is 0 Å². The molecule has 3 heteroatoms. The third-order valence-electron chi connectivity index (χ3n) is 0.925. The molecule has 1 atom stereocenters. The van der Waals surface area contributed by atoms with E-state index >= 15 is 0 Å². The molecule has 0 aromatic heterocycles. The van der Waals surface area contributed by atoms with Gasteiger partial charge in [-0.1, -0.05) is 0 Å². The third kappa shape index (κ3) is 8.48. The maximum atomic E-state index is 5.20. The summed E-state index contributed by atoms with van der Waals surface area (Å²) in [6, 6.07) is 0. The van der Waals surface area contributed by atoms with E-state index in [1.54, 1.807) is 24.0 Å². The molecular weight excluding hydrogens is 179 g/mol. The van der Waals surface area contributed by atoms with Gasteiger partial charge in [-0.25, -0.2) is 0 Å². The summed E-state index contributed by atoms with van der Waals surface area (Å²) in [5, 5.41) is 1.26. The van der Waals surface area contributed by atoms with Crippen LogP contribution in [0, 0.1) is 0 Å². The average molecular weight is 194 g/mol. The molecule has 0 fully saturated rings. The zero-order valence-electron chi connectivity index (χ0n) is 5.93. The number of hydrogen-bond acceptors (Lipinski definition) is 2. The normalized spacial score (nSPS) is 10.0. The Morgan fingerprint density at radius 3 is 2.56 bits per heavy atom. The minimum atomic E-state index is 0.717. The van der Waals surface area contributed by atoms with Crippen molar-refractivity contribution >= 4 is 16.9 Å². The minimum absolute atomic E-state index is 0.717. The summed E-state index contributed by atoms with van der Waals surface area (Å²) in [5.41, 5.74) is 0. The Morgan fingerprint density at radius 1 is 1.22 bits per heavy atom. The molecule has 0 aromatic carbocycles. The van der Waals surface area contributed by atoms with Gasteiger partial charge in [-0.2, -0.15) is 0 Å². The Bertz CT molecular complexity index is 44.3. The molecule has 0 aliphatic carbocycles. The molecule has 0 rings (SSSR count). The fraction of sp³-hybridized carbons (Fsp3) is 1.00. The van der Waals surface area contributed by atoms with Crippen LogP contribution in [0.5, 0.6) is 0 Å². The second-order valence-electron chi connectivity index (χ2n) is 1.75. The Morgan fingerprint density at radius 2 is 2.00 bits per heavy atom. The molecule has 0 N–H and O–H groups in total. The van der Waals surface area contributed by atoms with Crippen LogP contribution in [0.1, 0.15) is 6.42 Å². The quantitative estimate of drug-likeness (QED) is 0.440. The van der Waals surface area contributed by atoms with Crippen molar-refractivity contribution in [2.24, 2.45) is 0 Å². The van der Waals surface area contributed by atoms with Gasteiger partial charge in [0.25, 0.3) is 0 Å². The topological polar surface area (TPSA) is 18.5 Å². The molecule has 0 aromatic rings. The first-order valence-corrected chi connectivity index (χ1v) is 4.90. The van der Waals surface area contributed by atoms with E-state index in [0.717, 1.165) is 19.8 Å². The molecule has 9 heavy (non-hydrogen) atoms. The first-order valence-electron chi connectivity index (χ1n) is 3.18. The molecule has 56 valence electrons. The molecule has 1 unspecified atom stereocenters. The summed E-state index contributed by atoms with van der Waals surface area (Å²) in [5.74, 6) is 0. The van der Waals surface area contributed by atoms with Gasteiger partial charge >= 0.3 is 64.9 Å². The Balaban J connectivity index is 2.60. The van der Waals surface area contributed by atoms with Crippen LogP contribution in [0.25, 0.3) is 0 Å². The second-order valence-corrected chi connectivity index (χ2v) is 2.96. The van der Waals surface area contributed by atoms with Crippen LogP contribution in [0.15, 0.2) is 0 Å². The van der Waals surface area contributed by atoms with Crippen LogP contribution < -0.4 is 0 Å². The summed E-state index contributed by atoms with van der Waals surface area (Å²) in [6.07, 6.45) is 1.18. The summed E-state index contributed by atoms with van der Waals surface area (Å²) in [4.78, 5) is 0. The maximum absolute atomic E-state index is 5.20. The molecule has 0 heterocycles. The Kier molecular flexibility index (Phi) is 8.93. The molecule has 0 amide bonds. The third-order valence-corrected chi connectivity index (χ3v) is 1.78. The van der Waals surface area contributed by atoms with E-state index in [-0.39, 0.29) is 0 Å². The van der Waals surface area contributed by atoms with Crippen LogP contribution in [-0.2, 0) is 9.47 Å². The first-order chi connectivity index (χ1) is 4.41. The van der Waals surface area contributed by atoms with Crippen LogP contribution in [0.3, 0.4) is 0 Å². The van der Waals surface area contributed by atoms with Gasteiger partial charge in [-0.3, -0.25) is 0 Å². The van der Waals surface area contributed by atoms with Crippen molar-refractivity contribution in [2.45, 2.75) is 11.6 Å². The number of ether oxygens (including phenoxy) is 2. The van der Waals surface area contributed by atoms with Crippen molar-refractivity contribution < 1.29 is 9.47 Å². The molecule has 2 nitrogen and oxygen atoms in total. The van der Waals surface area contributed by atoms with Gasteiger partial charge in [-0.15, -0.1) is 0 Å². The van der Waals surface area contributed by atoms with Gasteiger partial charge in [0.15, 0.2) is 0 Å². The van der Waals surface area contributed by atoms with Crippen LogP contribution in [0.2, 0.25) is 5.21 Å². The van der Waals surface area contributed by atoms with Gasteiger partial charge in [0.2, 0.25) is 0 Å².